The number of Topliss-reactive ketones (excluding diaryl/α,β-unsaturated/α-hetero) is 2. The Balaban J connectivity index is -0.000000536. The first-order chi connectivity index (χ1) is 48.0. The lowest BCUT2D eigenvalue weighted by molar-refractivity contribution is -0.187. The lowest BCUT2D eigenvalue weighted by Gasteiger charge is -2.14. The van der Waals surface area contributed by atoms with Crippen molar-refractivity contribution in [3.63, 3.8) is 0 Å². The first-order valence-corrected chi connectivity index (χ1v) is 32.6. The molecule has 1 aromatic heterocycles. The predicted molar refractivity (Wildman–Crippen MR) is 424 cm³/mol. The van der Waals surface area contributed by atoms with Crippen molar-refractivity contribution < 1.29 is 57.9 Å². The molecule has 1 aliphatic rings. The van der Waals surface area contributed by atoms with Gasteiger partial charge in [-0.1, -0.05) is 230 Å². The first kappa shape index (κ1) is 96.8. The monoisotopic (exact) mass is 1400 g/mol. The lowest BCUT2D eigenvalue weighted by Crippen LogP contribution is -2.30. The Morgan fingerprint density at radius 1 is 0.647 bits per heavy atom. The largest absolute Gasteiger partial charge is 0.491 e. The van der Waals surface area contributed by atoms with Gasteiger partial charge < -0.3 is 14.6 Å². The number of rotatable bonds is 11. The van der Waals surface area contributed by atoms with E-state index in [1.807, 2.05) is 130 Å². The van der Waals surface area contributed by atoms with E-state index in [0.29, 0.717) is 34.8 Å². The van der Waals surface area contributed by atoms with Crippen molar-refractivity contribution in [3.05, 3.63) is 312 Å². The molecule has 0 bridgehead atoms. The van der Waals surface area contributed by atoms with Gasteiger partial charge in [-0.2, -0.15) is 0 Å². The Hall–Kier alpha value is -11.6. The molecule has 1 saturated heterocycles. The number of aryl methyl sites for hydroxylation is 1. The minimum atomic E-state index is -1.28. The van der Waals surface area contributed by atoms with Gasteiger partial charge >= 0.3 is 17.9 Å². The van der Waals surface area contributed by atoms with Crippen LogP contribution in [-0.2, 0) is 33.6 Å². The van der Waals surface area contributed by atoms with Gasteiger partial charge in [0.1, 0.15) is 17.5 Å². The summed E-state index contributed by atoms with van der Waals surface area (Å²) >= 11 is 1.67. The standard InChI is InChI=1S/C14H10O4.C14H10OS.C13H10O.C10H12O2.C7H10O.C5H8O2.C5H8O.C5H4.C4H6O.C4H10.C3H6.C3H4.CH4/c15-13(11-7-3-1-4-8-11)17-18-14(16)12-9-5-2-6-10-12;1-9-6-7-13-11(8-9)14(15)10-4-2-3-5-12(10)16-13;14-13(11-7-3-1-4-8-11)12-9-5-2-6-10-12;1-10(2,12)9(11)8-6-4-3-5-7-8;1-5-4-6(2)8-7(5)3;1-3-4-5(6)7-2;1-4(2)5(3)6;1-3-5-4-2;1-3-4(2)5;1-3-4-2;2*1-3-2;/h1-10H;2-8H,1H3;1-10H;3-7,12H,1-2H3;6H,1,3-4H2,2H3;3H,1,4H2,2H3;1H2,2-3H3;1H,2H3;3H,1H2,2H3;3-4H2,1-2H3;3H,1H2,2H3;1H,2H3;1H4. The van der Waals surface area contributed by atoms with Crippen molar-refractivity contribution in [2.45, 2.75) is 128 Å². The topological polar surface area (TPSA) is 194 Å². The first-order valence-electron chi connectivity index (χ1n) is 31.8. The van der Waals surface area contributed by atoms with Crippen LogP contribution < -0.4 is 5.43 Å². The molecule has 14 heteroatoms. The van der Waals surface area contributed by atoms with Crippen LogP contribution in [0, 0.1) is 43.5 Å². The molecule has 1 atom stereocenters. The molecule has 0 amide bonds. The number of hydrogen-bond acceptors (Lipinski definition) is 14. The minimum absolute atomic E-state index is 0. The highest BCUT2D eigenvalue weighted by Crippen LogP contribution is 2.26. The maximum Gasteiger partial charge on any atom is 0.386 e. The van der Waals surface area contributed by atoms with Gasteiger partial charge in [0.25, 0.3) is 0 Å². The van der Waals surface area contributed by atoms with Gasteiger partial charge in [0.15, 0.2) is 28.6 Å². The van der Waals surface area contributed by atoms with E-state index in [1.54, 1.807) is 123 Å². The van der Waals surface area contributed by atoms with Crippen LogP contribution in [0.3, 0.4) is 0 Å². The molecular formula is C88H102O13S. The van der Waals surface area contributed by atoms with Gasteiger partial charge in [-0.05, 0) is 147 Å². The third kappa shape index (κ3) is 45.8. The van der Waals surface area contributed by atoms with E-state index >= 15 is 0 Å². The molecule has 102 heavy (non-hydrogen) atoms. The van der Waals surface area contributed by atoms with Crippen LogP contribution >= 0.6 is 11.3 Å². The van der Waals surface area contributed by atoms with Crippen LogP contribution in [0.1, 0.15) is 162 Å². The molecule has 0 aliphatic carbocycles. The molecule has 0 spiro atoms. The van der Waals surface area contributed by atoms with E-state index in [2.05, 4.69) is 97.9 Å². The van der Waals surface area contributed by atoms with Gasteiger partial charge in [0, 0.05) is 43.3 Å². The second-order valence-corrected chi connectivity index (χ2v) is 22.4. The van der Waals surface area contributed by atoms with Gasteiger partial charge in [-0.25, -0.2) is 19.4 Å². The number of unbranched alkanes of at least 4 members (excludes halogenated alkanes) is 1. The summed E-state index contributed by atoms with van der Waals surface area (Å²) in [6, 6.07) is 57.8. The molecular weight excluding hydrogens is 1300 g/mol. The number of hydrogen-bond donors (Lipinski definition) is 1. The number of benzene rings is 7. The number of allylic oxidation sites excluding steroid dienone is 4. The number of esters is 1. The highest BCUT2D eigenvalue weighted by molar-refractivity contribution is 7.24. The third-order valence-corrected chi connectivity index (χ3v) is 13.2. The molecule has 13 nitrogen and oxygen atoms in total. The highest BCUT2D eigenvalue weighted by Gasteiger charge is 2.24. The highest BCUT2D eigenvalue weighted by atomic mass is 32.1. The summed E-state index contributed by atoms with van der Waals surface area (Å²) in [6.45, 7) is 42.0. The van der Waals surface area contributed by atoms with Crippen molar-refractivity contribution in [1.82, 2.24) is 0 Å². The van der Waals surface area contributed by atoms with Crippen LogP contribution in [0.25, 0.3) is 20.2 Å². The van der Waals surface area contributed by atoms with Gasteiger partial charge in [0.05, 0.1) is 24.7 Å². The molecule has 1 aliphatic heterocycles. The van der Waals surface area contributed by atoms with E-state index in [0.717, 1.165) is 54.6 Å². The summed E-state index contributed by atoms with van der Waals surface area (Å²) in [5.74, 6) is 8.34. The summed E-state index contributed by atoms with van der Waals surface area (Å²) in [5, 5.41) is 11.1. The molecule has 0 radical (unpaired) electrons. The number of carbonyl (C=O) groups is 7. The number of aliphatic hydroxyl groups is 1. The van der Waals surface area contributed by atoms with E-state index in [-0.39, 0.29) is 42.0 Å². The fourth-order valence-corrected chi connectivity index (χ4v) is 7.68. The third-order valence-electron chi connectivity index (χ3n) is 12.0. The van der Waals surface area contributed by atoms with E-state index in [9.17, 15) is 43.5 Å². The fraction of sp³-hybridized carbons (Fsp3) is 0.227. The molecule has 1 N–H and O–H groups in total. The maximum atomic E-state index is 12.2. The molecule has 0 saturated carbocycles. The Morgan fingerprint density at radius 3 is 1.28 bits per heavy atom. The number of methoxy groups -OCH3 is 1. The summed E-state index contributed by atoms with van der Waals surface area (Å²) in [5.41, 5.74) is 4.31. The van der Waals surface area contributed by atoms with Crippen LogP contribution in [0.4, 0.5) is 0 Å². The number of carbonyl (C=O) groups excluding carboxylic acids is 7. The second-order valence-electron chi connectivity index (χ2n) is 21.3. The number of ether oxygens (including phenoxy) is 2. The Labute approximate surface area is 611 Å². The zero-order chi connectivity index (χ0) is 77.1. The van der Waals surface area contributed by atoms with E-state index < -0.39 is 17.5 Å². The molecule has 538 valence electrons. The summed E-state index contributed by atoms with van der Waals surface area (Å²) in [7, 11) is 1.35. The van der Waals surface area contributed by atoms with Crippen molar-refractivity contribution in [3.8, 4) is 36.5 Å². The zero-order valence-electron chi connectivity index (χ0n) is 60.8. The number of terminal acetylenes is 2. The quantitative estimate of drug-likeness (QED) is 0.0188. The zero-order valence-corrected chi connectivity index (χ0v) is 61.6. The van der Waals surface area contributed by atoms with Gasteiger partial charge in [0.2, 0.25) is 0 Å². The van der Waals surface area contributed by atoms with Crippen LogP contribution in [-0.4, -0.2) is 65.0 Å². The fourth-order valence-electron chi connectivity index (χ4n) is 6.63. The summed E-state index contributed by atoms with van der Waals surface area (Å²) in [4.78, 5) is 97.2. The predicted octanol–water partition coefficient (Wildman–Crippen LogP) is 20.3. The van der Waals surface area contributed by atoms with Crippen molar-refractivity contribution >= 4 is 72.5 Å². The average molecular weight is 1400 g/mol. The Bertz CT molecular complexity index is 3940. The second kappa shape index (κ2) is 59.5. The molecule has 7 aromatic carbocycles. The minimum Gasteiger partial charge on any atom is -0.491 e. The molecule has 1 unspecified atom stereocenters. The van der Waals surface area contributed by atoms with Crippen molar-refractivity contribution in [2.24, 2.45) is 0 Å². The van der Waals surface area contributed by atoms with Crippen molar-refractivity contribution in [2.75, 3.05) is 7.11 Å². The SMILES string of the molecule is C.C#CC.C#CC#CC.C=C(C)C(C)=O.C=C1CC(C)OC1=C.C=CC.C=CC(C)=O.C=CCC(=O)OC.CC(C)(O)C(=O)c1ccccc1.CCCC.Cc1ccc2sc3ccccc3c(=O)c2c1.O=C(OOC(=O)c1ccccc1)c1ccccc1.O=C(c1ccccc1)c1ccccc1. The van der Waals surface area contributed by atoms with Crippen LogP contribution in [0.15, 0.2) is 274 Å². The van der Waals surface area contributed by atoms with E-state index in [4.69, 9.17) is 11.2 Å². The summed E-state index contributed by atoms with van der Waals surface area (Å²) < 4.78 is 11.6. The smallest absolute Gasteiger partial charge is 0.386 e. The van der Waals surface area contributed by atoms with Crippen LogP contribution in [0.5, 0.6) is 0 Å². The Morgan fingerprint density at radius 2 is 1.01 bits per heavy atom. The number of ketones is 4. The lowest BCUT2D eigenvalue weighted by atomic mass is 9.97. The van der Waals surface area contributed by atoms with Gasteiger partial charge in [-0.3, -0.25) is 28.8 Å². The molecule has 9 rings (SSSR count). The number of fused-ring (bicyclic) bond motifs is 2. The summed E-state index contributed by atoms with van der Waals surface area (Å²) in [6.07, 6.45) is 18.0. The molecule has 1 fully saturated rings. The van der Waals surface area contributed by atoms with Crippen molar-refractivity contribution in [1.29, 1.82) is 0 Å². The van der Waals surface area contributed by atoms with E-state index in [1.165, 1.54) is 59.8 Å². The molecule has 2 heterocycles. The normalized spacial score (nSPS) is 10.3. The maximum absolute atomic E-state index is 12.2. The van der Waals surface area contributed by atoms with Gasteiger partial charge in [-0.15, -0.1) is 43.3 Å². The Kier molecular flexibility index (Phi) is 56.4. The molecule has 8 aromatic rings. The van der Waals surface area contributed by atoms with Crippen LogP contribution in [0.2, 0.25) is 0 Å². The average Bonchev–Trinajstić information content (AvgIpc) is 0.892.